The predicted octanol–water partition coefficient (Wildman–Crippen LogP) is 2.25. The monoisotopic (exact) mass is 392 g/mol. The first kappa shape index (κ1) is 19.2. The summed E-state index contributed by atoms with van der Waals surface area (Å²) < 4.78 is 34.2. The molecular weight excluding hydrogens is 368 g/mol. The largest absolute Gasteiger partial charge is 0.493 e. The van der Waals surface area contributed by atoms with Gasteiger partial charge in [-0.05, 0) is 31.5 Å². The number of sulfone groups is 1. The highest BCUT2D eigenvalue weighted by Crippen LogP contribution is 2.31. The van der Waals surface area contributed by atoms with Crippen LogP contribution in [0.2, 0.25) is 0 Å². The van der Waals surface area contributed by atoms with Crippen LogP contribution < -0.4 is 19.7 Å². The van der Waals surface area contributed by atoms with Crippen LogP contribution in [0.1, 0.15) is 13.3 Å². The lowest BCUT2D eigenvalue weighted by Crippen LogP contribution is -2.37. The van der Waals surface area contributed by atoms with Crippen LogP contribution in [0, 0.1) is 0 Å². The molecule has 9 heteroatoms. The summed E-state index contributed by atoms with van der Waals surface area (Å²) in [5.74, 6) is 2.76. The summed E-state index contributed by atoms with van der Waals surface area (Å²) in [6.07, 6.45) is 2.27. The van der Waals surface area contributed by atoms with Gasteiger partial charge in [-0.3, -0.25) is 0 Å². The molecule has 1 aromatic carbocycles. The van der Waals surface area contributed by atoms with E-state index in [2.05, 4.69) is 15.3 Å². The Hall–Kier alpha value is -2.55. The van der Waals surface area contributed by atoms with Crippen molar-refractivity contribution in [3.63, 3.8) is 0 Å². The van der Waals surface area contributed by atoms with Gasteiger partial charge in [-0.15, -0.1) is 0 Å². The number of nitrogens with one attached hydrogen (secondary N) is 1. The van der Waals surface area contributed by atoms with Gasteiger partial charge in [0.15, 0.2) is 21.3 Å². The Morgan fingerprint density at radius 1 is 1.22 bits per heavy atom. The zero-order valence-electron chi connectivity index (χ0n) is 15.7. The number of anilines is 3. The quantitative estimate of drug-likeness (QED) is 0.767. The van der Waals surface area contributed by atoms with Crippen LogP contribution in [0.5, 0.6) is 11.5 Å². The second-order valence-corrected chi connectivity index (χ2v) is 8.51. The van der Waals surface area contributed by atoms with Crippen LogP contribution in [0.4, 0.5) is 17.5 Å². The molecule has 1 aromatic heterocycles. The highest BCUT2D eigenvalue weighted by molar-refractivity contribution is 7.91. The molecule has 1 saturated heterocycles. The molecule has 1 aliphatic heterocycles. The van der Waals surface area contributed by atoms with Crippen LogP contribution in [0.3, 0.4) is 0 Å². The molecule has 3 rings (SSSR count). The average molecular weight is 392 g/mol. The van der Waals surface area contributed by atoms with Gasteiger partial charge < -0.3 is 19.7 Å². The van der Waals surface area contributed by atoms with E-state index < -0.39 is 9.84 Å². The van der Waals surface area contributed by atoms with Crippen molar-refractivity contribution >= 4 is 27.3 Å². The van der Waals surface area contributed by atoms with E-state index in [1.807, 2.05) is 30.0 Å². The van der Waals surface area contributed by atoms with Crippen molar-refractivity contribution in [1.29, 1.82) is 0 Å². The van der Waals surface area contributed by atoms with Gasteiger partial charge in [-0.2, -0.15) is 4.98 Å². The van der Waals surface area contributed by atoms with E-state index in [-0.39, 0.29) is 17.5 Å². The van der Waals surface area contributed by atoms with Gasteiger partial charge in [-0.25, -0.2) is 13.4 Å². The molecule has 1 fully saturated rings. The van der Waals surface area contributed by atoms with Crippen LogP contribution >= 0.6 is 0 Å². The third-order valence-corrected chi connectivity index (χ3v) is 6.30. The standard InChI is InChI=1S/C18H24N4O4S/c1-4-22(14-8-10-27(23,24)12-14)18-19-9-7-17(21-18)20-13-5-6-15(25-2)16(11-13)26-3/h5-7,9,11,14H,4,8,10,12H2,1-3H3,(H,19,20,21). The molecule has 8 nitrogen and oxygen atoms in total. The van der Waals surface area contributed by atoms with Gasteiger partial charge in [0.25, 0.3) is 0 Å². The minimum atomic E-state index is -2.97. The van der Waals surface area contributed by atoms with Crippen LogP contribution in [-0.2, 0) is 9.84 Å². The maximum Gasteiger partial charge on any atom is 0.227 e. The normalized spacial score (nSPS) is 18.1. The van der Waals surface area contributed by atoms with E-state index >= 15 is 0 Å². The van der Waals surface area contributed by atoms with Crippen molar-refractivity contribution in [1.82, 2.24) is 9.97 Å². The minimum absolute atomic E-state index is 0.0867. The Balaban J connectivity index is 1.81. The number of hydrogen-bond donors (Lipinski definition) is 1. The maximum absolute atomic E-state index is 11.8. The molecule has 1 unspecified atom stereocenters. The lowest BCUT2D eigenvalue weighted by Gasteiger charge is -2.27. The summed E-state index contributed by atoms with van der Waals surface area (Å²) in [6, 6.07) is 7.17. The molecule has 146 valence electrons. The Labute approximate surface area is 159 Å². The Morgan fingerprint density at radius 2 is 2.00 bits per heavy atom. The van der Waals surface area contributed by atoms with E-state index in [1.165, 1.54) is 0 Å². The molecule has 0 bridgehead atoms. The maximum atomic E-state index is 11.8. The first-order chi connectivity index (χ1) is 13.0. The Morgan fingerprint density at radius 3 is 2.63 bits per heavy atom. The first-order valence-electron chi connectivity index (χ1n) is 8.75. The fourth-order valence-corrected chi connectivity index (χ4v) is 4.93. The number of ether oxygens (including phenoxy) is 2. The zero-order valence-corrected chi connectivity index (χ0v) is 16.5. The summed E-state index contributed by atoms with van der Waals surface area (Å²) in [5.41, 5.74) is 0.795. The van der Waals surface area contributed by atoms with Crippen molar-refractivity contribution < 1.29 is 17.9 Å². The molecule has 0 amide bonds. The highest BCUT2D eigenvalue weighted by Gasteiger charge is 2.32. The van der Waals surface area contributed by atoms with Crippen molar-refractivity contribution in [2.24, 2.45) is 0 Å². The SMILES string of the molecule is CCN(c1nccc(Nc2ccc(OC)c(OC)c2)n1)C1CCS(=O)(=O)C1. The fourth-order valence-electron chi connectivity index (χ4n) is 3.20. The number of hydrogen-bond acceptors (Lipinski definition) is 8. The topological polar surface area (TPSA) is 93.7 Å². The summed E-state index contributed by atoms with van der Waals surface area (Å²) in [4.78, 5) is 10.9. The molecular formula is C18H24N4O4S. The van der Waals surface area contributed by atoms with Crippen molar-refractivity contribution in [3.8, 4) is 11.5 Å². The molecule has 2 heterocycles. The highest BCUT2D eigenvalue weighted by atomic mass is 32.2. The fraction of sp³-hybridized carbons (Fsp3) is 0.444. The van der Waals surface area contributed by atoms with E-state index in [1.54, 1.807) is 26.5 Å². The summed E-state index contributed by atoms with van der Waals surface area (Å²) in [6.45, 7) is 2.61. The molecule has 1 atom stereocenters. The number of nitrogens with zero attached hydrogens (tertiary/aromatic N) is 3. The van der Waals surface area contributed by atoms with Gasteiger partial charge in [0.05, 0.1) is 25.7 Å². The molecule has 1 N–H and O–H groups in total. The second kappa shape index (κ2) is 7.99. The molecule has 27 heavy (non-hydrogen) atoms. The molecule has 2 aromatic rings. The summed E-state index contributed by atoms with van der Waals surface area (Å²) in [5, 5.41) is 3.22. The molecule has 1 aliphatic rings. The van der Waals surface area contributed by atoms with Crippen molar-refractivity contribution in [3.05, 3.63) is 30.5 Å². The van der Waals surface area contributed by atoms with Gasteiger partial charge >= 0.3 is 0 Å². The lowest BCUT2D eigenvalue weighted by atomic mass is 10.2. The zero-order chi connectivity index (χ0) is 19.4. The van der Waals surface area contributed by atoms with Crippen molar-refractivity contribution in [2.75, 3.05) is 42.5 Å². The molecule has 0 spiro atoms. The van der Waals surface area contributed by atoms with Crippen molar-refractivity contribution in [2.45, 2.75) is 19.4 Å². The second-order valence-electron chi connectivity index (χ2n) is 6.28. The summed E-state index contributed by atoms with van der Waals surface area (Å²) in [7, 11) is 0.200. The molecule has 0 aliphatic carbocycles. The predicted molar refractivity (Wildman–Crippen MR) is 105 cm³/mol. The van der Waals surface area contributed by atoms with Gasteiger partial charge in [0, 0.05) is 30.5 Å². The smallest absolute Gasteiger partial charge is 0.227 e. The Kier molecular flexibility index (Phi) is 5.69. The van der Waals surface area contributed by atoms with Gasteiger partial charge in [0.2, 0.25) is 5.95 Å². The third-order valence-electron chi connectivity index (χ3n) is 4.55. The van der Waals surface area contributed by atoms with E-state index in [4.69, 9.17) is 9.47 Å². The summed E-state index contributed by atoms with van der Waals surface area (Å²) >= 11 is 0. The lowest BCUT2D eigenvalue weighted by molar-refractivity contribution is 0.355. The third kappa shape index (κ3) is 4.41. The van der Waals surface area contributed by atoms with E-state index in [0.717, 1.165) is 5.69 Å². The van der Waals surface area contributed by atoms with Gasteiger partial charge in [-0.1, -0.05) is 0 Å². The van der Waals surface area contributed by atoms with E-state index in [9.17, 15) is 8.42 Å². The van der Waals surface area contributed by atoms with Gasteiger partial charge in [0.1, 0.15) is 5.82 Å². The number of aromatic nitrogens is 2. The average Bonchev–Trinajstić information content (AvgIpc) is 3.02. The molecule has 0 radical (unpaired) electrons. The molecule has 0 saturated carbocycles. The van der Waals surface area contributed by atoms with E-state index in [0.29, 0.717) is 36.2 Å². The number of benzene rings is 1. The first-order valence-corrected chi connectivity index (χ1v) is 10.6. The van der Waals surface area contributed by atoms with Crippen LogP contribution in [-0.4, -0.2) is 56.7 Å². The number of rotatable bonds is 7. The minimum Gasteiger partial charge on any atom is -0.493 e. The van der Waals surface area contributed by atoms with Crippen LogP contribution in [0.25, 0.3) is 0 Å². The Bertz CT molecular complexity index is 904. The number of methoxy groups -OCH3 is 2. The van der Waals surface area contributed by atoms with Crippen LogP contribution in [0.15, 0.2) is 30.5 Å².